The number of nitrogens with zero attached hydrogens (tertiary/aromatic N) is 1. The van der Waals surface area contributed by atoms with Crippen molar-refractivity contribution in [2.45, 2.75) is 6.61 Å². The Labute approximate surface area is 84.7 Å². The van der Waals surface area contributed by atoms with Crippen molar-refractivity contribution in [3.63, 3.8) is 0 Å². The van der Waals surface area contributed by atoms with Crippen LogP contribution in [-0.4, -0.2) is 9.97 Å². The van der Waals surface area contributed by atoms with Crippen LogP contribution in [0.1, 0.15) is 5.82 Å². The molecule has 1 aromatic carbocycles. The van der Waals surface area contributed by atoms with Crippen LogP contribution in [0.15, 0.2) is 30.6 Å². The molecule has 0 fully saturated rings. The molecule has 1 heterocycles. The maximum absolute atomic E-state index is 13.1. The summed E-state index contributed by atoms with van der Waals surface area (Å²) in [6, 6.07) is 3.78. The zero-order valence-electron chi connectivity index (χ0n) is 7.71. The largest absolute Gasteiger partial charge is 0.482 e. The highest BCUT2D eigenvalue weighted by Gasteiger charge is 2.08. The molecule has 0 aliphatic rings. The highest BCUT2D eigenvalue weighted by molar-refractivity contribution is 5.25. The first-order valence-corrected chi connectivity index (χ1v) is 4.32. The topological polar surface area (TPSA) is 37.9 Å². The van der Waals surface area contributed by atoms with Crippen molar-refractivity contribution < 1.29 is 13.5 Å². The molecule has 0 saturated carbocycles. The van der Waals surface area contributed by atoms with Crippen molar-refractivity contribution in [3.8, 4) is 5.75 Å². The van der Waals surface area contributed by atoms with Crippen LogP contribution < -0.4 is 4.74 Å². The molecule has 1 aromatic heterocycles. The van der Waals surface area contributed by atoms with Gasteiger partial charge in [-0.05, 0) is 12.1 Å². The van der Waals surface area contributed by atoms with E-state index in [1.54, 1.807) is 12.4 Å². The summed E-state index contributed by atoms with van der Waals surface area (Å²) in [6.45, 7) is 0.0768. The Morgan fingerprint density at radius 3 is 2.93 bits per heavy atom. The lowest BCUT2D eigenvalue weighted by Crippen LogP contribution is -2.00. The predicted molar refractivity (Wildman–Crippen MR) is 49.3 cm³/mol. The van der Waals surface area contributed by atoms with E-state index < -0.39 is 11.6 Å². The third-order valence-electron chi connectivity index (χ3n) is 1.84. The molecule has 1 N–H and O–H groups in total. The van der Waals surface area contributed by atoms with Gasteiger partial charge in [-0.15, -0.1) is 0 Å². The average Bonchev–Trinajstić information content (AvgIpc) is 2.73. The standard InChI is InChI=1S/C10H8F2N2O/c11-7-2-1-3-8(10(7)12)15-6-9-13-4-5-14-9/h1-5H,6H2,(H,13,14). The van der Waals surface area contributed by atoms with Gasteiger partial charge in [-0.25, -0.2) is 9.37 Å². The Morgan fingerprint density at radius 2 is 2.20 bits per heavy atom. The summed E-state index contributed by atoms with van der Waals surface area (Å²) < 4.78 is 30.9. The first kappa shape index (κ1) is 9.64. The first-order valence-electron chi connectivity index (χ1n) is 4.32. The van der Waals surface area contributed by atoms with E-state index in [4.69, 9.17) is 4.74 Å². The molecule has 2 aromatic rings. The van der Waals surface area contributed by atoms with Gasteiger partial charge in [0.15, 0.2) is 11.6 Å². The van der Waals surface area contributed by atoms with Crippen LogP contribution in [0.5, 0.6) is 5.75 Å². The molecule has 0 radical (unpaired) electrons. The first-order chi connectivity index (χ1) is 7.27. The fraction of sp³-hybridized carbons (Fsp3) is 0.100. The van der Waals surface area contributed by atoms with Crippen LogP contribution in [0.3, 0.4) is 0 Å². The summed E-state index contributed by atoms with van der Waals surface area (Å²) in [6.07, 6.45) is 3.18. The van der Waals surface area contributed by atoms with E-state index in [-0.39, 0.29) is 12.4 Å². The van der Waals surface area contributed by atoms with Crippen molar-refractivity contribution >= 4 is 0 Å². The summed E-state index contributed by atoms with van der Waals surface area (Å²) >= 11 is 0. The van der Waals surface area contributed by atoms with Gasteiger partial charge in [0.1, 0.15) is 12.4 Å². The molecule has 0 atom stereocenters. The Balaban J connectivity index is 2.08. The molecule has 3 nitrogen and oxygen atoms in total. The van der Waals surface area contributed by atoms with E-state index in [0.29, 0.717) is 5.82 Å². The zero-order chi connectivity index (χ0) is 10.7. The summed E-state index contributed by atoms with van der Waals surface area (Å²) in [5.41, 5.74) is 0. The van der Waals surface area contributed by atoms with Gasteiger partial charge in [0.25, 0.3) is 0 Å². The summed E-state index contributed by atoms with van der Waals surface area (Å²) in [5.74, 6) is -1.47. The van der Waals surface area contributed by atoms with Gasteiger partial charge in [-0.2, -0.15) is 4.39 Å². The maximum Gasteiger partial charge on any atom is 0.200 e. The molecule has 15 heavy (non-hydrogen) atoms. The Kier molecular flexibility index (Phi) is 2.62. The molecule has 0 amide bonds. The highest BCUT2D eigenvalue weighted by Crippen LogP contribution is 2.19. The van der Waals surface area contributed by atoms with Crippen LogP contribution in [0, 0.1) is 11.6 Å². The second kappa shape index (κ2) is 4.08. The van der Waals surface area contributed by atoms with Crippen molar-refractivity contribution in [2.24, 2.45) is 0 Å². The van der Waals surface area contributed by atoms with Crippen LogP contribution in [0.4, 0.5) is 8.78 Å². The van der Waals surface area contributed by atoms with Crippen LogP contribution in [0.2, 0.25) is 0 Å². The van der Waals surface area contributed by atoms with Gasteiger partial charge < -0.3 is 9.72 Å². The van der Waals surface area contributed by atoms with E-state index in [2.05, 4.69) is 9.97 Å². The van der Waals surface area contributed by atoms with Gasteiger partial charge in [0.2, 0.25) is 5.82 Å². The van der Waals surface area contributed by atoms with Crippen molar-refractivity contribution in [3.05, 3.63) is 48.1 Å². The number of nitrogens with one attached hydrogen (secondary N) is 1. The number of aromatic nitrogens is 2. The van der Waals surface area contributed by atoms with E-state index >= 15 is 0 Å². The monoisotopic (exact) mass is 210 g/mol. The average molecular weight is 210 g/mol. The molecule has 0 aliphatic carbocycles. The van der Waals surface area contributed by atoms with E-state index in [1.165, 1.54) is 12.1 Å². The Bertz CT molecular complexity index is 443. The Hall–Kier alpha value is -1.91. The van der Waals surface area contributed by atoms with Crippen LogP contribution in [-0.2, 0) is 6.61 Å². The SMILES string of the molecule is Fc1cccc(OCc2ncc[nH]2)c1F. The second-order valence-electron chi connectivity index (χ2n) is 2.88. The van der Waals surface area contributed by atoms with Gasteiger partial charge in [0.05, 0.1) is 0 Å². The number of aromatic amines is 1. The van der Waals surface area contributed by atoms with Crippen LogP contribution in [0.25, 0.3) is 0 Å². The molecular formula is C10H8F2N2O. The molecule has 0 spiro atoms. The lowest BCUT2D eigenvalue weighted by atomic mass is 10.3. The molecule has 0 unspecified atom stereocenters. The molecule has 0 bridgehead atoms. The van der Waals surface area contributed by atoms with Crippen molar-refractivity contribution in [2.75, 3.05) is 0 Å². The van der Waals surface area contributed by atoms with Crippen molar-refractivity contribution in [1.29, 1.82) is 0 Å². The molecule has 0 aliphatic heterocycles. The van der Waals surface area contributed by atoms with Gasteiger partial charge in [-0.3, -0.25) is 0 Å². The number of rotatable bonds is 3. The fourth-order valence-corrected chi connectivity index (χ4v) is 1.12. The molecular weight excluding hydrogens is 202 g/mol. The third-order valence-corrected chi connectivity index (χ3v) is 1.84. The molecule has 0 saturated heterocycles. The van der Waals surface area contributed by atoms with Gasteiger partial charge >= 0.3 is 0 Å². The smallest absolute Gasteiger partial charge is 0.200 e. The second-order valence-corrected chi connectivity index (χ2v) is 2.88. The van der Waals surface area contributed by atoms with Crippen molar-refractivity contribution in [1.82, 2.24) is 9.97 Å². The van der Waals surface area contributed by atoms with Gasteiger partial charge in [0, 0.05) is 12.4 Å². The summed E-state index contributed by atoms with van der Waals surface area (Å²) in [7, 11) is 0. The number of hydrogen-bond acceptors (Lipinski definition) is 2. The quantitative estimate of drug-likeness (QED) is 0.843. The summed E-state index contributed by atoms with van der Waals surface area (Å²) in [5, 5.41) is 0. The minimum atomic E-state index is -0.982. The van der Waals surface area contributed by atoms with E-state index in [1.807, 2.05) is 0 Å². The highest BCUT2D eigenvalue weighted by atomic mass is 19.2. The number of H-pyrrole nitrogens is 1. The predicted octanol–water partition coefficient (Wildman–Crippen LogP) is 2.27. The lowest BCUT2D eigenvalue weighted by molar-refractivity contribution is 0.277. The number of halogens is 2. The fourth-order valence-electron chi connectivity index (χ4n) is 1.12. The Morgan fingerprint density at radius 1 is 1.33 bits per heavy atom. The normalized spacial score (nSPS) is 10.3. The number of ether oxygens (including phenoxy) is 1. The maximum atomic E-state index is 13.1. The third kappa shape index (κ3) is 2.12. The number of benzene rings is 1. The minimum Gasteiger partial charge on any atom is -0.482 e. The van der Waals surface area contributed by atoms with Crippen LogP contribution >= 0.6 is 0 Å². The molecule has 5 heteroatoms. The minimum absolute atomic E-state index is 0.0768. The van der Waals surface area contributed by atoms with Gasteiger partial charge in [-0.1, -0.05) is 6.07 Å². The molecule has 2 rings (SSSR count). The zero-order valence-corrected chi connectivity index (χ0v) is 7.71. The molecule has 78 valence electrons. The number of imidazole rings is 1. The summed E-state index contributed by atoms with van der Waals surface area (Å²) in [4.78, 5) is 6.68. The van der Waals surface area contributed by atoms with E-state index in [9.17, 15) is 8.78 Å². The number of hydrogen-bond donors (Lipinski definition) is 1. The lowest BCUT2D eigenvalue weighted by Gasteiger charge is -2.05. The van der Waals surface area contributed by atoms with E-state index in [0.717, 1.165) is 6.07 Å².